The van der Waals surface area contributed by atoms with Crippen LogP contribution < -0.4 is 10.4 Å². The van der Waals surface area contributed by atoms with Gasteiger partial charge in [0.15, 0.2) is 23.2 Å². The van der Waals surface area contributed by atoms with Gasteiger partial charge in [-0.05, 0) is 24.6 Å². The average molecular weight is 581 g/mol. The summed E-state index contributed by atoms with van der Waals surface area (Å²) in [5.74, 6) is -1.56. The van der Waals surface area contributed by atoms with Crippen molar-refractivity contribution in [1.82, 2.24) is 24.6 Å². The van der Waals surface area contributed by atoms with E-state index < -0.39 is 64.0 Å². The molecule has 0 spiro atoms. The summed E-state index contributed by atoms with van der Waals surface area (Å²) in [5, 5.41) is 25.9. The minimum atomic E-state index is -4.79. The van der Waals surface area contributed by atoms with Gasteiger partial charge in [0.1, 0.15) is 30.0 Å². The molecule has 0 aliphatic carbocycles. The van der Waals surface area contributed by atoms with Crippen LogP contribution in [0.5, 0.6) is 0 Å². The number of aliphatic hydroxyl groups excluding tert-OH is 2. The fraction of sp³-hybridized carbons (Fsp3) is 0.421. The van der Waals surface area contributed by atoms with Crippen LogP contribution in [0.1, 0.15) is 24.8 Å². The normalized spacial score (nSPS) is 24.8. The molecule has 4 rings (SSSR count). The van der Waals surface area contributed by atoms with Gasteiger partial charge in [0.05, 0.1) is 12.4 Å². The third kappa shape index (κ3) is 6.35. The fourth-order valence-electron chi connectivity index (χ4n) is 3.95. The van der Waals surface area contributed by atoms with Gasteiger partial charge in [-0.1, -0.05) is 18.2 Å². The Morgan fingerprint density at radius 3 is 2.57 bits per heavy atom. The smallest absolute Gasteiger partial charge is 0.336 e. The number of ether oxygens (including phenoxy) is 1. The molecule has 0 saturated carbocycles. The molecule has 6 atom stereocenters. The number of anilines is 1. The van der Waals surface area contributed by atoms with E-state index in [0.29, 0.717) is 5.56 Å². The van der Waals surface area contributed by atoms with Crippen molar-refractivity contribution in [3.05, 3.63) is 47.3 Å². The summed E-state index contributed by atoms with van der Waals surface area (Å²) in [6.07, 6.45) is -4.30. The van der Waals surface area contributed by atoms with Crippen LogP contribution in [-0.2, 0) is 13.9 Å². The first-order chi connectivity index (χ1) is 17.3. The number of aromatic nitrogens is 4. The Kier molecular flexibility index (Phi) is 8.03. The highest BCUT2D eigenvalue weighted by Gasteiger charge is 2.45. The van der Waals surface area contributed by atoms with Gasteiger partial charge in [0.25, 0.3) is 7.52 Å². The van der Waals surface area contributed by atoms with Crippen LogP contribution in [0.3, 0.4) is 0 Å². The maximum absolute atomic E-state index is 14.2. The molecule has 2 aromatic heterocycles. The standard InChI is InChI=1S/C19H24ClFN6O8P2/c1-9(10-4-2-3-5-11(10)21)24-16-13-17(26-19(20)25-16)27(7-22-13)18-15(29)14(28)12(35-18)6-23-36(30,31)8-37(32,33)34/h2-5,7,9,12,14-15,18,28-29H,6,8H2,1H3,(H2,23,30,31)(H,24,25,26)(H2,32,33,34)/t9-,12+,14-,15?,18+/m0/s1. The lowest BCUT2D eigenvalue weighted by atomic mass is 10.1. The van der Waals surface area contributed by atoms with Gasteiger partial charge in [0, 0.05) is 12.1 Å². The number of imidazole rings is 1. The molecule has 1 fully saturated rings. The Morgan fingerprint density at radius 1 is 1.19 bits per heavy atom. The molecule has 7 N–H and O–H groups in total. The predicted octanol–water partition coefficient (Wildman–Crippen LogP) is 1.32. The van der Waals surface area contributed by atoms with E-state index in [-0.39, 0.29) is 22.3 Å². The SMILES string of the molecule is C[C@H](Nc1nc(Cl)nc2c1ncn2[C@@H]1O[C@H](CNP(=O)(O)CP(=O)(O)O)[C@H](O)C1O)c1ccccc1F. The second kappa shape index (κ2) is 10.6. The maximum atomic E-state index is 14.2. The van der Waals surface area contributed by atoms with Crippen molar-refractivity contribution in [3.8, 4) is 0 Å². The third-order valence-corrected chi connectivity index (χ3v) is 9.50. The number of nitrogens with zero attached hydrogens (tertiary/aromatic N) is 4. The molecule has 14 nitrogen and oxygen atoms in total. The van der Waals surface area contributed by atoms with Crippen molar-refractivity contribution in [3.63, 3.8) is 0 Å². The minimum absolute atomic E-state index is 0.113. The van der Waals surface area contributed by atoms with Crippen LogP contribution in [-0.4, -0.2) is 75.2 Å². The molecule has 0 radical (unpaired) electrons. The Balaban J connectivity index is 1.56. The van der Waals surface area contributed by atoms with Crippen molar-refractivity contribution in [2.75, 3.05) is 17.8 Å². The number of halogens is 2. The van der Waals surface area contributed by atoms with Crippen LogP contribution >= 0.6 is 26.7 Å². The van der Waals surface area contributed by atoms with Gasteiger partial charge >= 0.3 is 7.60 Å². The number of benzene rings is 1. The van der Waals surface area contributed by atoms with E-state index in [9.17, 15) is 28.6 Å². The van der Waals surface area contributed by atoms with E-state index in [1.807, 2.05) is 0 Å². The highest BCUT2D eigenvalue weighted by atomic mass is 35.5. The van der Waals surface area contributed by atoms with Crippen LogP contribution in [0.4, 0.5) is 10.2 Å². The number of hydrogen-bond acceptors (Lipinski definition) is 9. The first-order valence-corrected chi connectivity index (χ1v) is 14.8. The van der Waals surface area contributed by atoms with Crippen molar-refractivity contribution in [2.45, 2.75) is 37.5 Å². The summed E-state index contributed by atoms with van der Waals surface area (Å²) in [7, 11) is -9.26. The van der Waals surface area contributed by atoms with Crippen molar-refractivity contribution >= 4 is 43.7 Å². The third-order valence-electron chi connectivity index (χ3n) is 5.65. The largest absolute Gasteiger partial charge is 0.387 e. The summed E-state index contributed by atoms with van der Waals surface area (Å²) in [6.45, 7) is 1.21. The molecule has 2 unspecified atom stereocenters. The number of fused-ring (bicyclic) bond motifs is 1. The lowest BCUT2D eigenvalue weighted by Gasteiger charge is -2.19. The quantitative estimate of drug-likeness (QED) is 0.141. The highest BCUT2D eigenvalue weighted by molar-refractivity contribution is 7.71. The molecular weight excluding hydrogens is 557 g/mol. The van der Waals surface area contributed by atoms with E-state index >= 15 is 0 Å². The Hall–Kier alpha value is -2.03. The maximum Gasteiger partial charge on any atom is 0.336 e. The predicted molar refractivity (Wildman–Crippen MR) is 129 cm³/mol. The van der Waals surface area contributed by atoms with Crippen molar-refractivity contribution in [2.24, 2.45) is 0 Å². The summed E-state index contributed by atoms with van der Waals surface area (Å²) in [5.41, 5.74) is 0.695. The molecule has 3 heterocycles. The summed E-state index contributed by atoms with van der Waals surface area (Å²) in [4.78, 5) is 40.2. The number of hydrogen-bond donors (Lipinski definition) is 7. The topological polar surface area (TPSA) is 212 Å². The molecule has 1 saturated heterocycles. The Morgan fingerprint density at radius 2 is 1.89 bits per heavy atom. The van der Waals surface area contributed by atoms with Gasteiger partial charge in [-0.25, -0.2) is 14.5 Å². The first-order valence-electron chi connectivity index (χ1n) is 10.8. The zero-order valence-electron chi connectivity index (χ0n) is 19.1. The molecule has 202 valence electrons. The Bertz CT molecular complexity index is 1390. The molecule has 1 aliphatic rings. The molecule has 1 aliphatic heterocycles. The van der Waals surface area contributed by atoms with Crippen LogP contribution in [0.15, 0.2) is 30.6 Å². The van der Waals surface area contributed by atoms with Gasteiger partial charge in [-0.15, -0.1) is 0 Å². The van der Waals surface area contributed by atoms with Crippen LogP contribution in [0.2, 0.25) is 5.28 Å². The molecule has 18 heteroatoms. The average Bonchev–Trinajstić information content (AvgIpc) is 3.32. The molecule has 3 aromatic rings. The Labute approximate surface area is 214 Å². The van der Waals surface area contributed by atoms with Gasteiger partial charge in [-0.2, -0.15) is 9.97 Å². The molecule has 1 aromatic carbocycles. The number of nitrogens with one attached hydrogen (secondary N) is 2. The molecular formula is C19H24ClFN6O8P2. The molecule has 0 bridgehead atoms. The summed E-state index contributed by atoms with van der Waals surface area (Å²) in [6, 6.07) is 5.64. The second-order valence-electron chi connectivity index (χ2n) is 8.47. The summed E-state index contributed by atoms with van der Waals surface area (Å²) < 4.78 is 44.2. The van der Waals surface area contributed by atoms with E-state index in [0.717, 1.165) is 0 Å². The highest BCUT2D eigenvalue weighted by Crippen LogP contribution is 2.52. The summed E-state index contributed by atoms with van der Waals surface area (Å²) >= 11 is 6.10. The lowest BCUT2D eigenvalue weighted by Crippen LogP contribution is -2.37. The lowest BCUT2D eigenvalue weighted by molar-refractivity contribution is -0.0331. The molecule has 37 heavy (non-hydrogen) atoms. The van der Waals surface area contributed by atoms with Crippen molar-refractivity contribution < 1.29 is 43.2 Å². The molecule has 0 amide bonds. The number of rotatable bonds is 9. The van der Waals surface area contributed by atoms with E-state index in [4.69, 9.17) is 26.1 Å². The van der Waals surface area contributed by atoms with E-state index in [1.165, 1.54) is 17.0 Å². The minimum Gasteiger partial charge on any atom is -0.387 e. The van der Waals surface area contributed by atoms with Gasteiger partial charge in [-0.3, -0.25) is 13.7 Å². The van der Waals surface area contributed by atoms with Gasteiger partial charge < -0.3 is 34.9 Å². The van der Waals surface area contributed by atoms with Crippen LogP contribution in [0, 0.1) is 5.82 Å². The zero-order chi connectivity index (χ0) is 27.1. The number of aliphatic hydroxyl groups is 2. The fourth-order valence-corrected chi connectivity index (χ4v) is 6.97. The first kappa shape index (κ1) is 28.0. The van der Waals surface area contributed by atoms with E-state index in [1.54, 1.807) is 25.1 Å². The zero-order valence-corrected chi connectivity index (χ0v) is 21.6. The van der Waals surface area contributed by atoms with Gasteiger partial charge in [0.2, 0.25) is 5.28 Å². The van der Waals surface area contributed by atoms with Crippen LogP contribution in [0.25, 0.3) is 11.2 Å². The second-order valence-corrected chi connectivity index (χ2v) is 13.0. The van der Waals surface area contributed by atoms with Crippen molar-refractivity contribution in [1.29, 1.82) is 0 Å². The van der Waals surface area contributed by atoms with E-state index in [2.05, 4.69) is 25.4 Å². The monoisotopic (exact) mass is 580 g/mol.